The van der Waals surface area contributed by atoms with Crippen LogP contribution in [0.4, 0.5) is 4.39 Å². The Labute approximate surface area is 163 Å². The summed E-state index contributed by atoms with van der Waals surface area (Å²) in [5.41, 5.74) is 2.60. The van der Waals surface area contributed by atoms with Gasteiger partial charge in [-0.3, -0.25) is 4.99 Å². The third-order valence-electron chi connectivity index (χ3n) is 4.37. The smallest absolute Gasteiger partial charge is 0.193 e. The molecule has 27 heavy (non-hydrogen) atoms. The number of halogens is 2. The molecule has 0 radical (unpaired) electrons. The van der Waals surface area contributed by atoms with E-state index >= 15 is 0 Å². The van der Waals surface area contributed by atoms with Gasteiger partial charge in [-0.1, -0.05) is 29.8 Å². The van der Waals surface area contributed by atoms with Crippen molar-refractivity contribution in [2.24, 2.45) is 4.99 Å². The Morgan fingerprint density at radius 2 is 2.11 bits per heavy atom. The van der Waals surface area contributed by atoms with Crippen molar-refractivity contribution in [2.45, 2.75) is 19.6 Å². The minimum Gasteiger partial charge on any atom is -0.467 e. The first-order valence-electron chi connectivity index (χ1n) is 8.75. The summed E-state index contributed by atoms with van der Waals surface area (Å²) < 4.78 is 24.6. The number of hydrogen-bond donors (Lipinski definition) is 1. The van der Waals surface area contributed by atoms with E-state index in [0.717, 1.165) is 33.4 Å². The van der Waals surface area contributed by atoms with E-state index in [2.05, 4.69) is 10.3 Å². The van der Waals surface area contributed by atoms with Crippen molar-refractivity contribution in [3.05, 3.63) is 63.9 Å². The molecule has 0 bridgehead atoms. The Hall–Kier alpha value is -2.31. The van der Waals surface area contributed by atoms with Crippen molar-refractivity contribution in [3.8, 4) is 5.75 Å². The lowest BCUT2D eigenvalue weighted by Crippen LogP contribution is -2.39. The summed E-state index contributed by atoms with van der Waals surface area (Å²) in [7, 11) is 3.68. The zero-order chi connectivity index (χ0) is 19.2. The number of rotatable bonds is 5. The average molecular weight is 392 g/mol. The Morgan fingerprint density at radius 3 is 2.89 bits per heavy atom. The van der Waals surface area contributed by atoms with Gasteiger partial charge in [-0.2, -0.15) is 0 Å². The predicted molar refractivity (Wildman–Crippen MR) is 105 cm³/mol. The van der Waals surface area contributed by atoms with E-state index in [1.165, 1.54) is 12.1 Å². The Bertz CT molecular complexity index is 829. The first-order chi connectivity index (χ1) is 13.1. The van der Waals surface area contributed by atoms with Crippen LogP contribution >= 0.6 is 11.6 Å². The molecule has 5 nitrogen and oxygen atoms in total. The second-order valence-electron chi connectivity index (χ2n) is 6.34. The monoisotopic (exact) mass is 391 g/mol. The molecule has 0 saturated carbocycles. The van der Waals surface area contributed by atoms with Crippen molar-refractivity contribution >= 4 is 17.6 Å². The summed E-state index contributed by atoms with van der Waals surface area (Å²) in [4.78, 5) is 6.31. The van der Waals surface area contributed by atoms with Crippen LogP contribution in [0.2, 0.25) is 5.02 Å². The van der Waals surface area contributed by atoms with Crippen LogP contribution in [0.3, 0.4) is 0 Å². The van der Waals surface area contributed by atoms with Gasteiger partial charge in [0.1, 0.15) is 11.6 Å². The number of hydrogen-bond acceptors (Lipinski definition) is 3. The third-order valence-corrected chi connectivity index (χ3v) is 4.74. The van der Waals surface area contributed by atoms with Crippen LogP contribution in [-0.2, 0) is 24.3 Å². The van der Waals surface area contributed by atoms with E-state index in [0.29, 0.717) is 26.1 Å². The number of aliphatic imine (C=N–C) groups is 1. The number of guanidine groups is 1. The summed E-state index contributed by atoms with van der Waals surface area (Å²) in [6.45, 7) is 1.80. The van der Waals surface area contributed by atoms with E-state index in [1.54, 1.807) is 7.05 Å². The fourth-order valence-electron chi connectivity index (χ4n) is 3.09. The highest BCUT2D eigenvalue weighted by Gasteiger charge is 2.17. The van der Waals surface area contributed by atoms with Gasteiger partial charge in [-0.05, 0) is 35.7 Å². The summed E-state index contributed by atoms with van der Waals surface area (Å²) in [6.07, 6.45) is 0.610. The van der Waals surface area contributed by atoms with E-state index in [9.17, 15) is 4.39 Å². The van der Waals surface area contributed by atoms with Gasteiger partial charge in [0.05, 0.1) is 6.61 Å². The molecule has 2 aromatic carbocycles. The molecule has 2 aromatic rings. The number of fused-ring (bicyclic) bond motifs is 1. The standard InChI is InChI=1S/C20H23ClFN3O2/c1-23-20(25(2)11-15-5-3-4-6-18(15)21)24-8-7-14-9-17(22)10-16-12-26-13-27-19(14)16/h3-6,9-10H,7-8,11-13H2,1-2H3,(H,23,24). The molecule has 0 saturated heterocycles. The lowest BCUT2D eigenvalue weighted by molar-refractivity contribution is -0.0172. The van der Waals surface area contributed by atoms with Gasteiger partial charge < -0.3 is 19.7 Å². The fraction of sp³-hybridized carbons (Fsp3) is 0.350. The Morgan fingerprint density at radius 1 is 1.30 bits per heavy atom. The molecule has 0 atom stereocenters. The summed E-state index contributed by atoms with van der Waals surface area (Å²) in [5, 5.41) is 4.03. The van der Waals surface area contributed by atoms with Crippen LogP contribution < -0.4 is 10.1 Å². The van der Waals surface area contributed by atoms with Gasteiger partial charge in [-0.15, -0.1) is 0 Å². The molecular weight excluding hydrogens is 369 g/mol. The normalized spacial score (nSPS) is 13.7. The third kappa shape index (κ3) is 4.90. The lowest BCUT2D eigenvalue weighted by atomic mass is 10.1. The minimum absolute atomic E-state index is 0.196. The average Bonchev–Trinajstić information content (AvgIpc) is 2.66. The molecule has 0 fully saturated rings. The second kappa shape index (κ2) is 9.06. The molecule has 1 N–H and O–H groups in total. The van der Waals surface area contributed by atoms with Crippen molar-refractivity contribution < 1.29 is 13.9 Å². The number of ether oxygens (including phenoxy) is 2. The lowest BCUT2D eigenvalue weighted by Gasteiger charge is -2.24. The first kappa shape index (κ1) is 19.5. The summed E-state index contributed by atoms with van der Waals surface area (Å²) in [6, 6.07) is 10.7. The molecular formula is C20H23ClFN3O2. The van der Waals surface area contributed by atoms with Gasteiger partial charge >= 0.3 is 0 Å². The zero-order valence-electron chi connectivity index (χ0n) is 15.5. The molecule has 7 heteroatoms. The van der Waals surface area contributed by atoms with Crippen molar-refractivity contribution in [3.63, 3.8) is 0 Å². The van der Waals surface area contributed by atoms with E-state index in [-0.39, 0.29) is 12.6 Å². The highest BCUT2D eigenvalue weighted by Crippen LogP contribution is 2.29. The SMILES string of the molecule is CN=C(NCCc1cc(F)cc2c1OCOC2)N(C)Cc1ccccc1Cl. The van der Waals surface area contributed by atoms with Crippen LogP contribution in [0, 0.1) is 5.82 Å². The largest absolute Gasteiger partial charge is 0.467 e. The van der Waals surface area contributed by atoms with Gasteiger partial charge in [0.2, 0.25) is 0 Å². The zero-order valence-corrected chi connectivity index (χ0v) is 16.2. The minimum atomic E-state index is -0.280. The Kier molecular flexibility index (Phi) is 6.53. The molecule has 1 heterocycles. The van der Waals surface area contributed by atoms with Gasteiger partial charge in [0, 0.05) is 37.8 Å². The maximum Gasteiger partial charge on any atom is 0.193 e. The predicted octanol–water partition coefficient (Wildman–Crippen LogP) is 3.60. The van der Waals surface area contributed by atoms with Crippen LogP contribution in [0.25, 0.3) is 0 Å². The maximum absolute atomic E-state index is 13.8. The maximum atomic E-state index is 13.8. The van der Waals surface area contributed by atoms with Crippen molar-refractivity contribution in [2.75, 3.05) is 27.4 Å². The number of benzene rings is 2. The van der Waals surface area contributed by atoms with Crippen molar-refractivity contribution in [1.82, 2.24) is 10.2 Å². The topological polar surface area (TPSA) is 46.1 Å². The van der Waals surface area contributed by atoms with E-state index < -0.39 is 0 Å². The molecule has 144 valence electrons. The van der Waals surface area contributed by atoms with Gasteiger partial charge in [0.25, 0.3) is 0 Å². The molecule has 1 aliphatic rings. The van der Waals surface area contributed by atoms with Gasteiger partial charge in [0.15, 0.2) is 12.8 Å². The summed E-state index contributed by atoms with van der Waals surface area (Å²) >= 11 is 6.24. The highest BCUT2D eigenvalue weighted by molar-refractivity contribution is 6.31. The van der Waals surface area contributed by atoms with Gasteiger partial charge in [-0.25, -0.2) is 4.39 Å². The van der Waals surface area contributed by atoms with E-state index in [1.807, 2.05) is 36.2 Å². The molecule has 0 amide bonds. The highest BCUT2D eigenvalue weighted by atomic mass is 35.5. The first-order valence-corrected chi connectivity index (χ1v) is 9.13. The molecule has 0 aliphatic carbocycles. The van der Waals surface area contributed by atoms with Crippen LogP contribution in [0.5, 0.6) is 5.75 Å². The molecule has 0 aromatic heterocycles. The molecule has 0 unspecified atom stereocenters. The molecule has 3 rings (SSSR count). The van der Waals surface area contributed by atoms with Crippen LogP contribution in [0.15, 0.2) is 41.4 Å². The summed E-state index contributed by atoms with van der Waals surface area (Å²) in [5.74, 6) is 1.19. The molecule has 0 spiro atoms. The number of nitrogens with zero attached hydrogens (tertiary/aromatic N) is 2. The van der Waals surface area contributed by atoms with Crippen LogP contribution in [0.1, 0.15) is 16.7 Å². The fourth-order valence-corrected chi connectivity index (χ4v) is 3.29. The molecule has 1 aliphatic heterocycles. The van der Waals surface area contributed by atoms with E-state index in [4.69, 9.17) is 21.1 Å². The quantitative estimate of drug-likeness (QED) is 0.625. The second-order valence-corrected chi connectivity index (χ2v) is 6.74. The van der Waals surface area contributed by atoms with Crippen molar-refractivity contribution in [1.29, 1.82) is 0 Å². The number of nitrogens with one attached hydrogen (secondary N) is 1. The van der Waals surface area contributed by atoms with Crippen LogP contribution in [-0.4, -0.2) is 38.3 Å². The Balaban J connectivity index is 1.60.